The summed E-state index contributed by atoms with van der Waals surface area (Å²) in [5.74, 6) is 0.233. The largest absolute Gasteiger partial charge is 0.378 e. The Morgan fingerprint density at radius 2 is 2.24 bits per heavy atom. The number of nitrogens with one attached hydrogen (secondary N) is 1. The molecule has 0 bridgehead atoms. The molecule has 0 aliphatic carbocycles. The SMILES string of the molecule is CCCNCC1COCCN1CCS(C)(=O)=O. The van der Waals surface area contributed by atoms with Crippen molar-refractivity contribution < 1.29 is 13.2 Å². The summed E-state index contributed by atoms with van der Waals surface area (Å²) in [6.45, 7) is 6.84. The molecule has 0 spiro atoms. The maximum atomic E-state index is 11.2. The maximum Gasteiger partial charge on any atom is 0.148 e. The lowest BCUT2D eigenvalue weighted by Gasteiger charge is -2.35. The third-order valence-corrected chi connectivity index (χ3v) is 3.83. The molecule has 1 atom stereocenters. The number of hydrogen-bond donors (Lipinski definition) is 1. The summed E-state index contributed by atoms with van der Waals surface area (Å²) < 4.78 is 27.8. The summed E-state index contributed by atoms with van der Waals surface area (Å²) in [5.41, 5.74) is 0. The molecule has 1 saturated heterocycles. The van der Waals surface area contributed by atoms with E-state index in [1.54, 1.807) is 0 Å². The molecule has 1 aliphatic rings. The Bertz CT molecular complexity index is 306. The van der Waals surface area contributed by atoms with E-state index in [9.17, 15) is 8.42 Å². The van der Waals surface area contributed by atoms with Crippen LogP contribution in [0.1, 0.15) is 13.3 Å². The molecule has 1 aliphatic heterocycles. The molecule has 0 aromatic carbocycles. The van der Waals surface area contributed by atoms with E-state index in [1.807, 2.05) is 0 Å². The fraction of sp³-hybridized carbons (Fsp3) is 1.00. The fourth-order valence-electron chi connectivity index (χ4n) is 1.90. The minimum atomic E-state index is -2.87. The number of morpholine rings is 1. The highest BCUT2D eigenvalue weighted by molar-refractivity contribution is 7.90. The van der Waals surface area contributed by atoms with Crippen molar-refractivity contribution in [3.8, 4) is 0 Å². The van der Waals surface area contributed by atoms with Gasteiger partial charge in [-0.15, -0.1) is 0 Å². The van der Waals surface area contributed by atoms with Crippen LogP contribution in [0.15, 0.2) is 0 Å². The molecule has 1 N–H and O–H groups in total. The van der Waals surface area contributed by atoms with Crippen LogP contribution in [0.25, 0.3) is 0 Å². The molecule has 0 aromatic rings. The first-order chi connectivity index (χ1) is 8.03. The standard InChI is InChI=1S/C11H24N2O3S/c1-3-4-12-9-11-10-16-7-5-13(11)6-8-17(2,14)15/h11-12H,3-10H2,1-2H3. The second kappa shape index (κ2) is 7.31. The lowest BCUT2D eigenvalue weighted by molar-refractivity contribution is -0.00367. The first kappa shape index (κ1) is 14.9. The van der Waals surface area contributed by atoms with E-state index >= 15 is 0 Å². The smallest absolute Gasteiger partial charge is 0.148 e. The van der Waals surface area contributed by atoms with Crippen LogP contribution in [0, 0.1) is 0 Å². The molecule has 6 heteroatoms. The van der Waals surface area contributed by atoms with Gasteiger partial charge in [-0.05, 0) is 13.0 Å². The van der Waals surface area contributed by atoms with Crippen LogP contribution in [0.4, 0.5) is 0 Å². The van der Waals surface area contributed by atoms with Gasteiger partial charge >= 0.3 is 0 Å². The van der Waals surface area contributed by atoms with Gasteiger partial charge in [0.05, 0.1) is 19.0 Å². The minimum absolute atomic E-state index is 0.233. The van der Waals surface area contributed by atoms with Gasteiger partial charge in [-0.3, -0.25) is 4.90 Å². The molecule has 0 saturated carbocycles. The highest BCUT2D eigenvalue weighted by Crippen LogP contribution is 2.06. The summed E-state index contributed by atoms with van der Waals surface area (Å²) in [6, 6.07) is 0.303. The van der Waals surface area contributed by atoms with E-state index in [0.717, 1.165) is 26.1 Å². The quantitative estimate of drug-likeness (QED) is 0.642. The van der Waals surface area contributed by atoms with Crippen molar-refractivity contribution in [2.24, 2.45) is 0 Å². The average Bonchev–Trinajstić information content (AvgIpc) is 2.27. The number of ether oxygens (including phenoxy) is 1. The van der Waals surface area contributed by atoms with Crippen LogP contribution in [0.3, 0.4) is 0 Å². The van der Waals surface area contributed by atoms with Crippen molar-refractivity contribution in [3.05, 3.63) is 0 Å². The highest BCUT2D eigenvalue weighted by atomic mass is 32.2. The lowest BCUT2D eigenvalue weighted by Crippen LogP contribution is -2.51. The van der Waals surface area contributed by atoms with Crippen molar-refractivity contribution >= 4 is 9.84 Å². The van der Waals surface area contributed by atoms with Crippen LogP contribution in [0.2, 0.25) is 0 Å². The summed E-state index contributed by atoms with van der Waals surface area (Å²) in [5, 5.41) is 3.36. The molecule has 1 fully saturated rings. The predicted molar refractivity (Wildman–Crippen MR) is 69.1 cm³/mol. The molecule has 0 aromatic heterocycles. The molecule has 1 rings (SSSR count). The highest BCUT2D eigenvalue weighted by Gasteiger charge is 2.23. The van der Waals surface area contributed by atoms with Crippen molar-refractivity contribution in [3.63, 3.8) is 0 Å². The second-order valence-electron chi connectivity index (χ2n) is 4.60. The van der Waals surface area contributed by atoms with Crippen molar-refractivity contribution in [1.82, 2.24) is 10.2 Å². The Hall–Kier alpha value is -0.170. The molecular formula is C11H24N2O3S. The second-order valence-corrected chi connectivity index (χ2v) is 6.86. The van der Waals surface area contributed by atoms with E-state index in [1.165, 1.54) is 6.26 Å². The zero-order valence-corrected chi connectivity index (χ0v) is 11.6. The summed E-state index contributed by atoms with van der Waals surface area (Å²) in [7, 11) is -2.87. The van der Waals surface area contributed by atoms with Gasteiger partial charge in [0.1, 0.15) is 9.84 Å². The molecule has 5 nitrogen and oxygen atoms in total. The number of nitrogens with zero attached hydrogens (tertiary/aromatic N) is 1. The van der Waals surface area contributed by atoms with Crippen LogP contribution < -0.4 is 5.32 Å². The minimum Gasteiger partial charge on any atom is -0.378 e. The zero-order chi connectivity index (χ0) is 12.7. The average molecular weight is 264 g/mol. The van der Waals surface area contributed by atoms with Crippen molar-refractivity contribution in [2.75, 3.05) is 51.4 Å². The monoisotopic (exact) mass is 264 g/mol. The number of sulfone groups is 1. The Kier molecular flexibility index (Phi) is 6.40. The number of rotatable bonds is 7. The molecule has 1 heterocycles. The Morgan fingerprint density at radius 3 is 2.88 bits per heavy atom. The first-order valence-corrected chi connectivity index (χ1v) is 8.29. The van der Waals surface area contributed by atoms with Gasteiger partial charge in [-0.2, -0.15) is 0 Å². The van der Waals surface area contributed by atoms with Gasteiger partial charge in [-0.25, -0.2) is 8.42 Å². The zero-order valence-electron chi connectivity index (χ0n) is 10.8. The van der Waals surface area contributed by atoms with Crippen LogP contribution in [0.5, 0.6) is 0 Å². The van der Waals surface area contributed by atoms with E-state index in [-0.39, 0.29) is 5.75 Å². The predicted octanol–water partition coefficient (Wildman–Crippen LogP) is -0.269. The molecule has 0 radical (unpaired) electrons. The van der Waals surface area contributed by atoms with Crippen LogP contribution in [-0.4, -0.2) is 70.8 Å². The van der Waals surface area contributed by atoms with E-state index in [2.05, 4.69) is 17.1 Å². The van der Waals surface area contributed by atoms with Gasteiger partial charge in [-0.1, -0.05) is 6.92 Å². The Morgan fingerprint density at radius 1 is 1.47 bits per heavy atom. The maximum absolute atomic E-state index is 11.2. The third kappa shape index (κ3) is 6.35. The molecule has 0 amide bonds. The fourth-order valence-corrected chi connectivity index (χ4v) is 2.47. The molecular weight excluding hydrogens is 240 g/mol. The van der Waals surface area contributed by atoms with Crippen molar-refractivity contribution in [2.45, 2.75) is 19.4 Å². The third-order valence-electron chi connectivity index (χ3n) is 2.91. The lowest BCUT2D eigenvalue weighted by atomic mass is 10.2. The molecule has 17 heavy (non-hydrogen) atoms. The normalized spacial score (nSPS) is 22.8. The van der Waals surface area contributed by atoms with E-state index in [0.29, 0.717) is 25.8 Å². The van der Waals surface area contributed by atoms with Gasteiger partial charge < -0.3 is 10.1 Å². The first-order valence-electron chi connectivity index (χ1n) is 6.23. The molecule has 102 valence electrons. The van der Waals surface area contributed by atoms with Gasteiger partial charge in [0.25, 0.3) is 0 Å². The summed E-state index contributed by atoms with van der Waals surface area (Å²) >= 11 is 0. The summed E-state index contributed by atoms with van der Waals surface area (Å²) in [6.07, 6.45) is 2.40. The Labute approximate surface area is 104 Å². The molecule has 1 unspecified atom stereocenters. The van der Waals surface area contributed by atoms with Crippen molar-refractivity contribution in [1.29, 1.82) is 0 Å². The number of hydrogen-bond acceptors (Lipinski definition) is 5. The van der Waals surface area contributed by atoms with E-state index < -0.39 is 9.84 Å². The van der Waals surface area contributed by atoms with Crippen LogP contribution in [-0.2, 0) is 14.6 Å². The van der Waals surface area contributed by atoms with E-state index in [4.69, 9.17) is 4.74 Å². The summed E-state index contributed by atoms with van der Waals surface area (Å²) in [4.78, 5) is 2.22. The topological polar surface area (TPSA) is 58.6 Å². The Balaban J connectivity index is 2.37. The van der Waals surface area contributed by atoms with Crippen LogP contribution >= 0.6 is 0 Å². The van der Waals surface area contributed by atoms with Gasteiger partial charge in [0.15, 0.2) is 0 Å². The van der Waals surface area contributed by atoms with Gasteiger partial charge in [0.2, 0.25) is 0 Å². The van der Waals surface area contributed by atoms with Gasteiger partial charge in [0, 0.05) is 31.9 Å².